The molecule has 1 N–H and O–H groups in total. The zero-order chi connectivity index (χ0) is 13.2. The van der Waals surface area contributed by atoms with Crippen LogP contribution in [0.5, 0.6) is 0 Å². The summed E-state index contributed by atoms with van der Waals surface area (Å²) in [7, 11) is 0. The summed E-state index contributed by atoms with van der Waals surface area (Å²) in [6.07, 6.45) is 4.31. The van der Waals surface area contributed by atoms with Gasteiger partial charge in [0.2, 0.25) is 0 Å². The second kappa shape index (κ2) is 9.11. The summed E-state index contributed by atoms with van der Waals surface area (Å²) in [5.74, 6) is 0.714. The van der Waals surface area contributed by atoms with Crippen LogP contribution in [0.4, 0.5) is 0 Å². The Morgan fingerprint density at radius 3 is 2.94 bits per heavy atom. The fourth-order valence-corrected chi connectivity index (χ4v) is 1.59. The lowest BCUT2D eigenvalue weighted by molar-refractivity contribution is 0.114. The largest absolute Gasteiger partial charge is 0.380 e. The van der Waals surface area contributed by atoms with Gasteiger partial charge in [-0.3, -0.25) is 4.68 Å². The smallest absolute Gasteiger partial charge is 0.0762 e. The van der Waals surface area contributed by atoms with E-state index in [-0.39, 0.29) is 0 Å². The normalized spacial score (nSPS) is 11.3. The predicted molar refractivity (Wildman–Crippen MR) is 74.5 cm³/mol. The minimum Gasteiger partial charge on any atom is -0.380 e. The van der Waals surface area contributed by atoms with Gasteiger partial charge in [-0.25, -0.2) is 0 Å². The van der Waals surface area contributed by atoms with Crippen LogP contribution < -0.4 is 5.32 Å². The average molecular weight is 253 g/mol. The minimum atomic E-state index is 0.714. The maximum absolute atomic E-state index is 5.58. The Labute approximate surface area is 111 Å². The molecule has 1 rings (SSSR count). The SMILES string of the molecule is CCCNCc1ccn(CCOCCC(C)C)n1. The second-order valence-electron chi connectivity index (χ2n) is 5.04. The third kappa shape index (κ3) is 6.77. The van der Waals surface area contributed by atoms with Crippen LogP contribution in [0, 0.1) is 5.92 Å². The van der Waals surface area contributed by atoms with Crippen LogP contribution in [0.2, 0.25) is 0 Å². The first-order valence-corrected chi connectivity index (χ1v) is 7.03. The molecule has 0 fully saturated rings. The summed E-state index contributed by atoms with van der Waals surface area (Å²) >= 11 is 0. The molecule has 0 unspecified atom stereocenters. The highest BCUT2D eigenvalue weighted by Gasteiger charge is 1.99. The van der Waals surface area contributed by atoms with Gasteiger partial charge in [-0.1, -0.05) is 20.8 Å². The third-order valence-electron chi connectivity index (χ3n) is 2.73. The lowest BCUT2D eigenvalue weighted by atomic mass is 10.1. The van der Waals surface area contributed by atoms with E-state index in [1.54, 1.807) is 0 Å². The van der Waals surface area contributed by atoms with Crippen molar-refractivity contribution in [2.45, 2.75) is 46.7 Å². The number of ether oxygens (including phenoxy) is 1. The van der Waals surface area contributed by atoms with E-state index in [4.69, 9.17) is 4.74 Å². The van der Waals surface area contributed by atoms with Crippen molar-refractivity contribution in [3.63, 3.8) is 0 Å². The molecule has 0 radical (unpaired) electrons. The number of rotatable bonds is 10. The topological polar surface area (TPSA) is 39.1 Å². The van der Waals surface area contributed by atoms with Crippen molar-refractivity contribution in [1.82, 2.24) is 15.1 Å². The highest BCUT2D eigenvalue weighted by atomic mass is 16.5. The van der Waals surface area contributed by atoms with Crippen LogP contribution in [0.15, 0.2) is 12.3 Å². The van der Waals surface area contributed by atoms with Gasteiger partial charge < -0.3 is 10.1 Å². The zero-order valence-corrected chi connectivity index (χ0v) is 12.0. The van der Waals surface area contributed by atoms with Gasteiger partial charge in [0.15, 0.2) is 0 Å². The monoisotopic (exact) mass is 253 g/mol. The molecule has 0 saturated carbocycles. The molecular formula is C14H27N3O. The molecule has 4 heteroatoms. The molecule has 0 bridgehead atoms. The van der Waals surface area contributed by atoms with Crippen LogP contribution in [0.25, 0.3) is 0 Å². The molecular weight excluding hydrogens is 226 g/mol. The van der Waals surface area contributed by atoms with Crippen molar-refractivity contribution in [3.05, 3.63) is 18.0 Å². The molecule has 0 aliphatic carbocycles. The molecule has 4 nitrogen and oxygen atoms in total. The standard InChI is InChI=1S/C14H27N3O/c1-4-7-15-12-14-5-8-17(16-14)9-11-18-10-6-13(2)3/h5,8,13,15H,4,6-7,9-12H2,1-3H3. The highest BCUT2D eigenvalue weighted by Crippen LogP contribution is 1.99. The summed E-state index contributed by atoms with van der Waals surface area (Å²) in [6.45, 7) is 10.9. The molecule has 18 heavy (non-hydrogen) atoms. The molecule has 0 amide bonds. The Morgan fingerprint density at radius 1 is 1.39 bits per heavy atom. The van der Waals surface area contributed by atoms with Crippen molar-refractivity contribution in [2.75, 3.05) is 19.8 Å². The maximum Gasteiger partial charge on any atom is 0.0762 e. The average Bonchev–Trinajstić information content (AvgIpc) is 2.77. The summed E-state index contributed by atoms with van der Waals surface area (Å²) in [4.78, 5) is 0. The number of hydrogen-bond acceptors (Lipinski definition) is 3. The Balaban J connectivity index is 2.11. The molecule has 0 aromatic carbocycles. The number of nitrogens with one attached hydrogen (secondary N) is 1. The maximum atomic E-state index is 5.58. The van der Waals surface area contributed by atoms with E-state index in [0.29, 0.717) is 5.92 Å². The van der Waals surface area contributed by atoms with Crippen molar-refractivity contribution >= 4 is 0 Å². The zero-order valence-electron chi connectivity index (χ0n) is 12.0. The minimum absolute atomic E-state index is 0.714. The summed E-state index contributed by atoms with van der Waals surface area (Å²) in [5.41, 5.74) is 1.10. The molecule has 1 heterocycles. The van der Waals surface area contributed by atoms with Crippen LogP contribution in [-0.2, 0) is 17.8 Å². The fraction of sp³-hybridized carbons (Fsp3) is 0.786. The quantitative estimate of drug-likeness (QED) is 0.651. The number of hydrogen-bond donors (Lipinski definition) is 1. The lowest BCUT2D eigenvalue weighted by Gasteiger charge is -2.06. The fourth-order valence-electron chi connectivity index (χ4n) is 1.59. The Bertz CT molecular complexity index is 310. The van der Waals surface area contributed by atoms with E-state index < -0.39 is 0 Å². The van der Waals surface area contributed by atoms with E-state index >= 15 is 0 Å². The first kappa shape index (κ1) is 15.2. The van der Waals surface area contributed by atoms with Crippen LogP contribution in [0.3, 0.4) is 0 Å². The lowest BCUT2D eigenvalue weighted by Crippen LogP contribution is -2.15. The van der Waals surface area contributed by atoms with E-state index in [2.05, 4.69) is 37.3 Å². The highest BCUT2D eigenvalue weighted by molar-refractivity contribution is 4.98. The van der Waals surface area contributed by atoms with Crippen LogP contribution >= 0.6 is 0 Å². The van der Waals surface area contributed by atoms with Crippen molar-refractivity contribution in [3.8, 4) is 0 Å². The van der Waals surface area contributed by atoms with Crippen LogP contribution in [0.1, 0.15) is 39.3 Å². The summed E-state index contributed by atoms with van der Waals surface area (Å²) < 4.78 is 7.54. The first-order chi connectivity index (χ1) is 8.72. The van der Waals surface area contributed by atoms with E-state index in [0.717, 1.165) is 51.4 Å². The molecule has 0 saturated heterocycles. The number of aromatic nitrogens is 2. The van der Waals surface area contributed by atoms with Crippen molar-refractivity contribution < 1.29 is 4.74 Å². The molecule has 1 aromatic rings. The van der Waals surface area contributed by atoms with Gasteiger partial charge in [0, 0.05) is 19.3 Å². The Morgan fingerprint density at radius 2 is 2.22 bits per heavy atom. The third-order valence-corrected chi connectivity index (χ3v) is 2.73. The molecule has 1 aromatic heterocycles. The molecule has 0 atom stereocenters. The van der Waals surface area contributed by atoms with Gasteiger partial charge >= 0.3 is 0 Å². The second-order valence-corrected chi connectivity index (χ2v) is 5.04. The Kier molecular flexibility index (Phi) is 7.69. The van der Waals surface area contributed by atoms with Gasteiger partial charge in [-0.15, -0.1) is 0 Å². The first-order valence-electron chi connectivity index (χ1n) is 7.03. The van der Waals surface area contributed by atoms with E-state index in [1.165, 1.54) is 0 Å². The van der Waals surface area contributed by atoms with Gasteiger partial charge in [-0.2, -0.15) is 5.10 Å². The van der Waals surface area contributed by atoms with Crippen molar-refractivity contribution in [2.24, 2.45) is 5.92 Å². The molecule has 0 aliphatic rings. The van der Waals surface area contributed by atoms with Gasteiger partial charge in [0.1, 0.15) is 0 Å². The Hall–Kier alpha value is -0.870. The van der Waals surface area contributed by atoms with Gasteiger partial charge in [0.25, 0.3) is 0 Å². The molecule has 0 spiro atoms. The summed E-state index contributed by atoms with van der Waals surface area (Å²) in [5, 5.41) is 7.84. The molecule has 104 valence electrons. The predicted octanol–water partition coefficient (Wildman–Crippen LogP) is 2.45. The van der Waals surface area contributed by atoms with Crippen molar-refractivity contribution in [1.29, 1.82) is 0 Å². The van der Waals surface area contributed by atoms with Crippen LogP contribution in [-0.4, -0.2) is 29.5 Å². The van der Waals surface area contributed by atoms with E-state index in [1.807, 2.05) is 10.9 Å². The molecule has 0 aliphatic heterocycles. The summed E-state index contributed by atoms with van der Waals surface area (Å²) in [6, 6.07) is 2.07. The van der Waals surface area contributed by atoms with Gasteiger partial charge in [0.05, 0.1) is 18.8 Å². The van der Waals surface area contributed by atoms with Gasteiger partial charge in [-0.05, 0) is 31.4 Å². The number of nitrogens with zero attached hydrogens (tertiary/aromatic N) is 2. The van der Waals surface area contributed by atoms with E-state index in [9.17, 15) is 0 Å².